The van der Waals surface area contributed by atoms with Gasteiger partial charge in [-0.1, -0.05) is 0 Å². The van der Waals surface area contributed by atoms with E-state index in [0.29, 0.717) is 5.96 Å². The van der Waals surface area contributed by atoms with Gasteiger partial charge in [0.15, 0.2) is 5.96 Å². The standard InChI is InChI=1S/C14H22FN3S.HI/c1-3-18(4-2)14(16)17-10-5-11-19-13-8-6-12(15)7-9-13;/h6-9H,3-5,10-11H2,1-2H3,(H2,16,17);1H. The highest BCUT2D eigenvalue weighted by molar-refractivity contribution is 14.0. The van der Waals surface area contributed by atoms with Gasteiger partial charge in [0.2, 0.25) is 0 Å². The van der Waals surface area contributed by atoms with Gasteiger partial charge >= 0.3 is 0 Å². The molecule has 2 N–H and O–H groups in total. The number of hydrogen-bond donors (Lipinski definition) is 1. The molecule has 1 rings (SSSR count). The second-order valence-corrected chi connectivity index (χ2v) is 5.24. The second kappa shape index (κ2) is 11.2. The molecule has 0 saturated heterocycles. The van der Waals surface area contributed by atoms with Crippen molar-refractivity contribution in [1.29, 1.82) is 0 Å². The Balaban J connectivity index is 0.00000361. The first kappa shape index (κ1) is 19.5. The Hall–Kier alpha value is -0.500. The summed E-state index contributed by atoms with van der Waals surface area (Å²) in [6.07, 6.45) is 0.962. The van der Waals surface area contributed by atoms with Crippen molar-refractivity contribution in [1.82, 2.24) is 4.90 Å². The minimum atomic E-state index is -0.194. The van der Waals surface area contributed by atoms with Crippen molar-refractivity contribution in [2.75, 3.05) is 25.4 Å². The zero-order valence-electron chi connectivity index (χ0n) is 12.0. The number of thioether (sulfide) groups is 1. The first-order chi connectivity index (χ1) is 9.17. The maximum absolute atomic E-state index is 12.7. The molecule has 0 spiro atoms. The smallest absolute Gasteiger partial charge is 0.191 e. The highest BCUT2D eigenvalue weighted by Crippen LogP contribution is 2.18. The lowest BCUT2D eigenvalue weighted by Crippen LogP contribution is -2.37. The lowest BCUT2D eigenvalue weighted by Gasteiger charge is -2.19. The number of nitrogens with zero attached hydrogens (tertiary/aromatic N) is 2. The Kier molecular flexibility index (Phi) is 10.9. The molecule has 0 atom stereocenters. The zero-order chi connectivity index (χ0) is 14.1. The second-order valence-electron chi connectivity index (χ2n) is 4.07. The van der Waals surface area contributed by atoms with Crippen LogP contribution in [0.2, 0.25) is 0 Å². The van der Waals surface area contributed by atoms with E-state index >= 15 is 0 Å². The van der Waals surface area contributed by atoms with E-state index in [0.717, 1.165) is 36.7 Å². The first-order valence-corrected chi connectivity index (χ1v) is 7.59. The third-order valence-electron chi connectivity index (χ3n) is 2.75. The quantitative estimate of drug-likeness (QED) is 0.245. The van der Waals surface area contributed by atoms with E-state index < -0.39 is 0 Å². The van der Waals surface area contributed by atoms with Gasteiger partial charge in [0.1, 0.15) is 5.82 Å². The van der Waals surface area contributed by atoms with Crippen molar-refractivity contribution >= 4 is 41.7 Å². The summed E-state index contributed by atoms with van der Waals surface area (Å²) in [5, 5.41) is 0. The van der Waals surface area contributed by atoms with Gasteiger partial charge < -0.3 is 10.6 Å². The van der Waals surface area contributed by atoms with Crippen LogP contribution in [0.3, 0.4) is 0 Å². The molecule has 20 heavy (non-hydrogen) atoms. The van der Waals surface area contributed by atoms with E-state index in [1.807, 2.05) is 4.90 Å². The van der Waals surface area contributed by atoms with Crippen LogP contribution in [0.4, 0.5) is 4.39 Å². The molecule has 1 aromatic carbocycles. The lowest BCUT2D eigenvalue weighted by atomic mass is 10.4. The van der Waals surface area contributed by atoms with Gasteiger partial charge in [-0.05, 0) is 50.3 Å². The Morgan fingerprint density at radius 1 is 1.25 bits per heavy atom. The summed E-state index contributed by atoms with van der Waals surface area (Å²) in [7, 11) is 0. The molecule has 114 valence electrons. The van der Waals surface area contributed by atoms with Crippen LogP contribution in [0.25, 0.3) is 0 Å². The number of halogens is 2. The van der Waals surface area contributed by atoms with Gasteiger partial charge in [0.05, 0.1) is 0 Å². The predicted molar refractivity (Wildman–Crippen MR) is 96.6 cm³/mol. The maximum Gasteiger partial charge on any atom is 0.191 e. The summed E-state index contributed by atoms with van der Waals surface area (Å²) >= 11 is 1.71. The number of benzene rings is 1. The minimum absolute atomic E-state index is 0. The molecule has 0 aliphatic carbocycles. The van der Waals surface area contributed by atoms with Crippen LogP contribution in [0, 0.1) is 5.82 Å². The number of rotatable bonds is 7. The maximum atomic E-state index is 12.7. The summed E-state index contributed by atoms with van der Waals surface area (Å²) < 4.78 is 12.7. The summed E-state index contributed by atoms with van der Waals surface area (Å²) in [6.45, 7) is 6.63. The molecule has 0 bridgehead atoms. The van der Waals surface area contributed by atoms with E-state index in [1.54, 1.807) is 23.9 Å². The highest BCUT2D eigenvalue weighted by Gasteiger charge is 2.01. The SMILES string of the molecule is CCN(CC)C(N)=NCCCSc1ccc(F)cc1.I. The van der Waals surface area contributed by atoms with Crippen molar-refractivity contribution in [3.05, 3.63) is 30.1 Å². The van der Waals surface area contributed by atoms with Crippen LogP contribution >= 0.6 is 35.7 Å². The van der Waals surface area contributed by atoms with Crippen LogP contribution in [0.5, 0.6) is 0 Å². The van der Waals surface area contributed by atoms with Gasteiger partial charge in [-0.25, -0.2) is 4.39 Å². The molecular formula is C14H23FIN3S. The highest BCUT2D eigenvalue weighted by atomic mass is 127. The summed E-state index contributed by atoms with van der Waals surface area (Å²) in [6, 6.07) is 6.57. The van der Waals surface area contributed by atoms with Crippen LogP contribution in [0.1, 0.15) is 20.3 Å². The van der Waals surface area contributed by atoms with Crippen molar-refractivity contribution in [3.63, 3.8) is 0 Å². The van der Waals surface area contributed by atoms with Crippen molar-refractivity contribution in [2.24, 2.45) is 10.7 Å². The molecule has 0 fully saturated rings. The third-order valence-corrected chi connectivity index (χ3v) is 3.84. The van der Waals surface area contributed by atoms with E-state index in [1.165, 1.54) is 12.1 Å². The normalized spacial score (nSPS) is 11.1. The van der Waals surface area contributed by atoms with Crippen LogP contribution in [0.15, 0.2) is 34.2 Å². The molecule has 0 saturated carbocycles. The van der Waals surface area contributed by atoms with Crippen LogP contribution < -0.4 is 5.73 Å². The van der Waals surface area contributed by atoms with Crippen LogP contribution in [-0.2, 0) is 0 Å². The average Bonchev–Trinajstić information content (AvgIpc) is 2.42. The molecule has 0 unspecified atom stereocenters. The fraction of sp³-hybridized carbons (Fsp3) is 0.500. The summed E-state index contributed by atoms with van der Waals surface area (Å²) in [4.78, 5) is 7.48. The lowest BCUT2D eigenvalue weighted by molar-refractivity contribution is 0.458. The summed E-state index contributed by atoms with van der Waals surface area (Å²) in [5.74, 6) is 1.39. The van der Waals surface area contributed by atoms with Crippen molar-refractivity contribution < 1.29 is 4.39 Å². The van der Waals surface area contributed by atoms with E-state index in [9.17, 15) is 4.39 Å². The molecule has 1 aromatic rings. The Bertz CT molecular complexity index is 394. The van der Waals surface area contributed by atoms with E-state index in [4.69, 9.17) is 5.73 Å². The number of nitrogens with two attached hydrogens (primary N) is 1. The largest absolute Gasteiger partial charge is 0.370 e. The Labute approximate surface area is 142 Å². The predicted octanol–water partition coefficient (Wildman–Crippen LogP) is 3.58. The number of aliphatic imine (C=N–C) groups is 1. The van der Waals surface area contributed by atoms with Crippen molar-refractivity contribution in [2.45, 2.75) is 25.2 Å². The van der Waals surface area contributed by atoms with E-state index in [-0.39, 0.29) is 29.8 Å². The van der Waals surface area contributed by atoms with E-state index in [2.05, 4.69) is 18.8 Å². The monoisotopic (exact) mass is 411 g/mol. The number of hydrogen-bond acceptors (Lipinski definition) is 2. The Morgan fingerprint density at radius 2 is 1.85 bits per heavy atom. The fourth-order valence-corrected chi connectivity index (χ4v) is 2.46. The molecule has 0 heterocycles. The topological polar surface area (TPSA) is 41.6 Å². The Morgan fingerprint density at radius 3 is 2.40 bits per heavy atom. The van der Waals surface area contributed by atoms with Gasteiger partial charge in [0, 0.05) is 24.5 Å². The molecule has 0 aliphatic heterocycles. The molecular weight excluding hydrogens is 388 g/mol. The molecule has 3 nitrogen and oxygen atoms in total. The van der Waals surface area contributed by atoms with Gasteiger partial charge in [-0.2, -0.15) is 0 Å². The summed E-state index contributed by atoms with van der Waals surface area (Å²) in [5.41, 5.74) is 5.88. The van der Waals surface area contributed by atoms with Gasteiger partial charge in [-0.15, -0.1) is 35.7 Å². The van der Waals surface area contributed by atoms with Crippen molar-refractivity contribution in [3.8, 4) is 0 Å². The van der Waals surface area contributed by atoms with Crippen LogP contribution in [-0.4, -0.2) is 36.2 Å². The molecule has 0 amide bonds. The molecule has 0 radical (unpaired) electrons. The molecule has 0 aromatic heterocycles. The average molecular weight is 411 g/mol. The fourth-order valence-electron chi connectivity index (χ4n) is 1.63. The number of guanidine groups is 1. The third kappa shape index (κ3) is 7.33. The molecule has 0 aliphatic rings. The van der Waals surface area contributed by atoms with Gasteiger partial charge in [0.25, 0.3) is 0 Å². The van der Waals surface area contributed by atoms with Gasteiger partial charge in [-0.3, -0.25) is 4.99 Å². The molecule has 6 heteroatoms. The first-order valence-electron chi connectivity index (χ1n) is 6.60. The zero-order valence-corrected chi connectivity index (χ0v) is 15.2. The minimum Gasteiger partial charge on any atom is -0.370 e.